The number of hydrogen-bond acceptors (Lipinski definition) is 4. The van der Waals surface area contributed by atoms with Crippen molar-refractivity contribution in [3.8, 4) is 5.75 Å². The van der Waals surface area contributed by atoms with E-state index in [0.29, 0.717) is 22.9 Å². The first-order chi connectivity index (χ1) is 16.5. The summed E-state index contributed by atoms with van der Waals surface area (Å²) in [5.41, 5.74) is 4.18. The summed E-state index contributed by atoms with van der Waals surface area (Å²) in [6, 6.07) is 26.0. The number of amides is 2. The lowest BCUT2D eigenvalue weighted by molar-refractivity contribution is -0.136. The van der Waals surface area contributed by atoms with Crippen molar-refractivity contribution in [3.63, 3.8) is 0 Å². The van der Waals surface area contributed by atoms with E-state index in [4.69, 9.17) is 27.9 Å². The molecule has 0 atom stereocenters. The summed E-state index contributed by atoms with van der Waals surface area (Å²) in [5.74, 6) is -1.22. The molecule has 8 heteroatoms. The summed E-state index contributed by atoms with van der Waals surface area (Å²) in [4.78, 5) is 24.1. The van der Waals surface area contributed by atoms with Gasteiger partial charge in [0.1, 0.15) is 12.4 Å². The zero-order valence-corrected chi connectivity index (χ0v) is 19.3. The minimum Gasteiger partial charge on any atom is -0.489 e. The first kappa shape index (κ1) is 23.3. The third-order valence-corrected chi connectivity index (χ3v) is 5.46. The van der Waals surface area contributed by atoms with Crippen LogP contribution in [0.5, 0.6) is 5.75 Å². The highest BCUT2D eigenvalue weighted by molar-refractivity contribution is 6.42. The number of carbonyl (C=O) groups is 2. The zero-order chi connectivity index (χ0) is 23.9. The number of hydrogen-bond donors (Lipinski definition) is 2. The number of nitrogens with zero attached hydrogens (tertiary/aromatic N) is 1. The normalized spacial score (nSPS) is 10.9. The SMILES string of the molecule is O=C(N/N=C/c1cccc(OCc2cccc3ccccc23)c1)C(=O)Nc1cc(Cl)ccc1Cl. The number of hydrazone groups is 1. The van der Waals surface area contributed by atoms with Crippen LogP contribution >= 0.6 is 23.2 Å². The van der Waals surface area contributed by atoms with Crippen molar-refractivity contribution in [2.75, 3.05) is 5.32 Å². The maximum absolute atomic E-state index is 12.1. The fraction of sp³-hybridized carbons (Fsp3) is 0.0385. The third kappa shape index (κ3) is 5.92. The van der Waals surface area contributed by atoms with Gasteiger partial charge in [-0.25, -0.2) is 5.43 Å². The molecule has 4 aromatic carbocycles. The largest absolute Gasteiger partial charge is 0.489 e. The van der Waals surface area contributed by atoms with Crippen molar-refractivity contribution in [1.29, 1.82) is 0 Å². The van der Waals surface area contributed by atoms with E-state index >= 15 is 0 Å². The van der Waals surface area contributed by atoms with Crippen LogP contribution in [0.25, 0.3) is 10.8 Å². The second-order valence-corrected chi connectivity index (χ2v) is 8.12. The molecule has 0 aliphatic carbocycles. The van der Waals surface area contributed by atoms with Crippen molar-refractivity contribution in [2.24, 2.45) is 5.10 Å². The van der Waals surface area contributed by atoms with Crippen LogP contribution < -0.4 is 15.5 Å². The van der Waals surface area contributed by atoms with Crippen molar-refractivity contribution in [2.45, 2.75) is 6.61 Å². The van der Waals surface area contributed by atoms with Gasteiger partial charge in [0.15, 0.2) is 0 Å². The fourth-order valence-corrected chi connectivity index (χ4v) is 3.59. The topological polar surface area (TPSA) is 79.8 Å². The van der Waals surface area contributed by atoms with Gasteiger partial charge in [-0.1, -0.05) is 77.8 Å². The standard InChI is InChI=1S/C26H19Cl2N3O3/c27-20-11-12-23(28)24(14-20)30-25(32)26(33)31-29-15-17-5-3-9-21(13-17)34-16-19-8-4-7-18-6-1-2-10-22(18)19/h1-15H,16H2,(H,30,32)(H,31,33)/b29-15+. The molecule has 2 N–H and O–H groups in total. The van der Waals surface area contributed by atoms with Crippen molar-refractivity contribution < 1.29 is 14.3 Å². The minimum absolute atomic E-state index is 0.231. The number of ether oxygens (including phenoxy) is 1. The molecule has 4 aromatic rings. The monoisotopic (exact) mass is 491 g/mol. The van der Waals surface area contributed by atoms with Gasteiger partial charge in [-0.05, 0) is 52.2 Å². The minimum atomic E-state index is -0.948. The van der Waals surface area contributed by atoms with E-state index in [-0.39, 0.29) is 10.7 Å². The summed E-state index contributed by atoms with van der Waals surface area (Å²) in [6.07, 6.45) is 1.42. The Morgan fingerprint density at radius 3 is 2.56 bits per heavy atom. The number of anilines is 1. The van der Waals surface area contributed by atoms with Crippen molar-refractivity contribution in [1.82, 2.24) is 5.43 Å². The molecule has 34 heavy (non-hydrogen) atoms. The maximum Gasteiger partial charge on any atom is 0.329 e. The summed E-state index contributed by atoms with van der Waals surface area (Å²) in [5, 5.41) is 9.17. The number of benzene rings is 4. The Morgan fingerprint density at radius 2 is 1.68 bits per heavy atom. The second-order valence-electron chi connectivity index (χ2n) is 7.28. The summed E-state index contributed by atoms with van der Waals surface area (Å²) >= 11 is 11.9. The van der Waals surface area contributed by atoms with E-state index in [1.807, 2.05) is 36.4 Å². The first-order valence-corrected chi connectivity index (χ1v) is 11.0. The van der Waals surface area contributed by atoms with Gasteiger partial charge in [-0.15, -0.1) is 0 Å². The molecule has 0 saturated heterocycles. The van der Waals surface area contributed by atoms with Gasteiger partial charge >= 0.3 is 11.8 Å². The first-order valence-electron chi connectivity index (χ1n) is 10.3. The highest BCUT2D eigenvalue weighted by Crippen LogP contribution is 2.25. The van der Waals surface area contributed by atoms with E-state index in [2.05, 4.69) is 34.0 Å². The van der Waals surface area contributed by atoms with Crippen LogP contribution in [-0.4, -0.2) is 18.0 Å². The molecule has 4 rings (SSSR count). The summed E-state index contributed by atoms with van der Waals surface area (Å²) < 4.78 is 5.96. The van der Waals surface area contributed by atoms with Gasteiger partial charge in [0, 0.05) is 5.02 Å². The van der Waals surface area contributed by atoms with E-state index in [1.165, 1.54) is 18.3 Å². The number of carbonyl (C=O) groups excluding carboxylic acids is 2. The Hall–Kier alpha value is -3.87. The Labute approximate surface area is 206 Å². The molecule has 6 nitrogen and oxygen atoms in total. The molecule has 0 saturated carbocycles. The second kappa shape index (κ2) is 10.8. The molecule has 0 bridgehead atoms. The lowest BCUT2D eigenvalue weighted by Crippen LogP contribution is -2.32. The number of fused-ring (bicyclic) bond motifs is 1. The molecular weight excluding hydrogens is 473 g/mol. The van der Waals surface area contributed by atoms with Gasteiger partial charge in [0.05, 0.1) is 16.9 Å². The number of rotatable bonds is 6. The predicted molar refractivity (Wildman–Crippen MR) is 136 cm³/mol. The molecule has 170 valence electrons. The zero-order valence-electron chi connectivity index (χ0n) is 17.8. The maximum atomic E-state index is 12.1. The molecular formula is C26H19Cl2N3O3. The predicted octanol–water partition coefficient (Wildman–Crippen LogP) is 5.81. The lowest BCUT2D eigenvalue weighted by Gasteiger charge is -2.09. The van der Waals surface area contributed by atoms with Gasteiger partial charge < -0.3 is 10.1 Å². The van der Waals surface area contributed by atoms with Gasteiger partial charge in [0.25, 0.3) is 0 Å². The molecule has 0 heterocycles. The van der Waals surface area contributed by atoms with Gasteiger partial charge in [0.2, 0.25) is 0 Å². The molecule has 2 amide bonds. The van der Waals surface area contributed by atoms with Crippen molar-refractivity contribution >= 4 is 57.7 Å². The Balaban J connectivity index is 1.34. The van der Waals surface area contributed by atoms with Crippen LogP contribution in [0.4, 0.5) is 5.69 Å². The molecule has 0 aliphatic rings. The van der Waals surface area contributed by atoms with Crippen LogP contribution in [0.3, 0.4) is 0 Å². The molecule has 0 unspecified atom stereocenters. The Kier molecular flexibility index (Phi) is 7.42. The van der Waals surface area contributed by atoms with Crippen LogP contribution in [-0.2, 0) is 16.2 Å². The summed E-state index contributed by atoms with van der Waals surface area (Å²) in [6.45, 7) is 0.408. The van der Waals surface area contributed by atoms with Crippen molar-refractivity contribution in [3.05, 3.63) is 106 Å². The number of halogens is 2. The highest BCUT2D eigenvalue weighted by Gasteiger charge is 2.14. The van der Waals surface area contributed by atoms with Gasteiger partial charge in [-0.2, -0.15) is 5.10 Å². The van der Waals surface area contributed by atoms with Crippen LogP contribution in [0, 0.1) is 0 Å². The molecule has 0 aliphatic heterocycles. The fourth-order valence-electron chi connectivity index (χ4n) is 3.25. The highest BCUT2D eigenvalue weighted by atomic mass is 35.5. The van der Waals surface area contributed by atoms with E-state index in [0.717, 1.165) is 16.3 Å². The van der Waals surface area contributed by atoms with E-state index < -0.39 is 11.8 Å². The van der Waals surface area contributed by atoms with Gasteiger partial charge in [-0.3, -0.25) is 9.59 Å². The van der Waals surface area contributed by atoms with E-state index in [1.54, 1.807) is 18.2 Å². The quantitative estimate of drug-likeness (QED) is 0.202. The molecule has 0 aromatic heterocycles. The summed E-state index contributed by atoms with van der Waals surface area (Å²) in [7, 11) is 0. The molecule has 0 radical (unpaired) electrons. The van der Waals surface area contributed by atoms with Crippen LogP contribution in [0.1, 0.15) is 11.1 Å². The average Bonchev–Trinajstić information content (AvgIpc) is 2.85. The Bertz CT molecular complexity index is 1380. The van der Waals surface area contributed by atoms with Crippen LogP contribution in [0.15, 0.2) is 90.0 Å². The third-order valence-electron chi connectivity index (χ3n) is 4.89. The van der Waals surface area contributed by atoms with Crippen LogP contribution in [0.2, 0.25) is 10.0 Å². The van der Waals surface area contributed by atoms with E-state index in [9.17, 15) is 9.59 Å². The number of nitrogens with one attached hydrogen (secondary N) is 2. The average molecular weight is 492 g/mol. The smallest absolute Gasteiger partial charge is 0.329 e. The Morgan fingerprint density at radius 1 is 0.882 bits per heavy atom. The molecule has 0 fully saturated rings. The molecule has 0 spiro atoms. The lowest BCUT2D eigenvalue weighted by atomic mass is 10.1.